The second-order valence-electron chi connectivity index (χ2n) is 4.79. The highest BCUT2D eigenvalue weighted by Gasteiger charge is 2.06. The fourth-order valence-electron chi connectivity index (χ4n) is 1.73. The summed E-state index contributed by atoms with van der Waals surface area (Å²) in [6.45, 7) is 9.56. The zero-order chi connectivity index (χ0) is 14.8. The highest BCUT2D eigenvalue weighted by molar-refractivity contribution is 5.85. The van der Waals surface area contributed by atoms with Crippen LogP contribution in [-0.2, 0) is 6.54 Å². The first kappa shape index (κ1) is 23.3. The molecule has 1 aromatic carbocycles. The predicted octanol–water partition coefficient (Wildman–Crippen LogP) is 3.14. The Balaban J connectivity index is 0. The molecule has 0 amide bonds. The van der Waals surface area contributed by atoms with Crippen LogP contribution in [0.5, 0.6) is 11.5 Å². The van der Waals surface area contributed by atoms with Gasteiger partial charge in [-0.2, -0.15) is 0 Å². The van der Waals surface area contributed by atoms with Crippen molar-refractivity contribution in [2.45, 2.75) is 13.5 Å². The second-order valence-corrected chi connectivity index (χ2v) is 4.79. The number of halogens is 2. The molecule has 0 saturated carbocycles. The van der Waals surface area contributed by atoms with Crippen molar-refractivity contribution in [2.24, 2.45) is 0 Å². The molecule has 0 spiro atoms. The number of nitrogens with zero attached hydrogens (tertiary/aromatic N) is 1. The molecule has 22 heavy (non-hydrogen) atoms. The summed E-state index contributed by atoms with van der Waals surface area (Å²) in [4.78, 5) is 2.16. The summed E-state index contributed by atoms with van der Waals surface area (Å²) in [6, 6.07) is 6.05. The molecule has 0 fully saturated rings. The maximum Gasteiger partial charge on any atom is 0.161 e. The van der Waals surface area contributed by atoms with Gasteiger partial charge in [0.25, 0.3) is 0 Å². The van der Waals surface area contributed by atoms with Crippen molar-refractivity contribution in [3.8, 4) is 11.5 Å². The molecule has 4 nitrogen and oxygen atoms in total. The first-order valence-corrected chi connectivity index (χ1v) is 7.02. The minimum Gasteiger partial charge on any atom is -0.490 e. The largest absolute Gasteiger partial charge is 0.490 e. The molecule has 0 bridgehead atoms. The van der Waals surface area contributed by atoms with E-state index in [-0.39, 0.29) is 24.8 Å². The molecule has 0 atom stereocenters. The van der Waals surface area contributed by atoms with Crippen LogP contribution < -0.4 is 14.8 Å². The van der Waals surface area contributed by atoms with E-state index in [4.69, 9.17) is 9.47 Å². The van der Waals surface area contributed by atoms with E-state index in [1.165, 1.54) is 5.56 Å². The quantitative estimate of drug-likeness (QED) is 0.519. The van der Waals surface area contributed by atoms with Crippen LogP contribution in [0.4, 0.5) is 0 Å². The van der Waals surface area contributed by atoms with E-state index in [1.54, 1.807) is 6.08 Å². The molecular weight excluding hydrogens is 323 g/mol. The second kappa shape index (κ2) is 13.7. The van der Waals surface area contributed by atoms with E-state index in [0.717, 1.165) is 31.1 Å². The van der Waals surface area contributed by atoms with Crippen molar-refractivity contribution >= 4 is 24.8 Å². The lowest BCUT2D eigenvalue weighted by atomic mass is 10.2. The van der Waals surface area contributed by atoms with Crippen LogP contribution in [0.1, 0.15) is 12.5 Å². The Hall–Kier alpha value is -0.940. The van der Waals surface area contributed by atoms with Gasteiger partial charge in [-0.15, -0.1) is 24.8 Å². The maximum atomic E-state index is 5.62. The number of likely N-dealkylation sites (N-methyl/N-ethyl adjacent to an activating group) is 1. The molecule has 0 radical (unpaired) electrons. The first-order chi connectivity index (χ1) is 9.67. The minimum atomic E-state index is 0. The summed E-state index contributed by atoms with van der Waals surface area (Å²) >= 11 is 0. The van der Waals surface area contributed by atoms with Crippen LogP contribution in [0, 0.1) is 0 Å². The highest BCUT2D eigenvalue weighted by Crippen LogP contribution is 2.28. The lowest BCUT2D eigenvalue weighted by Gasteiger charge is -2.14. The molecule has 1 aromatic rings. The van der Waals surface area contributed by atoms with Gasteiger partial charge in [-0.1, -0.05) is 18.7 Å². The van der Waals surface area contributed by atoms with Crippen molar-refractivity contribution in [3.63, 3.8) is 0 Å². The summed E-state index contributed by atoms with van der Waals surface area (Å²) in [5, 5.41) is 3.41. The minimum absolute atomic E-state index is 0. The van der Waals surface area contributed by atoms with Crippen molar-refractivity contribution in [1.29, 1.82) is 0 Å². The Bertz CT molecular complexity index is 415. The van der Waals surface area contributed by atoms with Gasteiger partial charge in [0.15, 0.2) is 11.5 Å². The van der Waals surface area contributed by atoms with Crippen LogP contribution in [0.2, 0.25) is 0 Å². The lowest BCUT2D eigenvalue weighted by molar-refractivity contribution is 0.296. The molecule has 6 heteroatoms. The third-order valence-corrected chi connectivity index (χ3v) is 2.73. The third-order valence-electron chi connectivity index (χ3n) is 2.73. The number of benzene rings is 1. The van der Waals surface area contributed by atoms with Gasteiger partial charge in [-0.25, -0.2) is 0 Å². The van der Waals surface area contributed by atoms with Crippen molar-refractivity contribution < 1.29 is 9.47 Å². The number of hydrogen-bond acceptors (Lipinski definition) is 4. The summed E-state index contributed by atoms with van der Waals surface area (Å²) in [5.41, 5.74) is 1.19. The number of rotatable bonds is 10. The maximum absolute atomic E-state index is 5.62. The summed E-state index contributed by atoms with van der Waals surface area (Å²) in [5.74, 6) is 1.56. The van der Waals surface area contributed by atoms with Gasteiger partial charge in [0, 0.05) is 19.6 Å². The van der Waals surface area contributed by atoms with E-state index in [2.05, 4.69) is 37.0 Å². The number of nitrogens with one attached hydrogen (secondary N) is 1. The normalized spacial score (nSPS) is 9.64. The van der Waals surface area contributed by atoms with Gasteiger partial charge in [-0.05, 0) is 38.7 Å². The fourth-order valence-corrected chi connectivity index (χ4v) is 1.73. The van der Waals surface area contributed by atoms with E-state index < -0.39 is 0 Å². The standard InChI is InChI=1S/C16H26N2O2.2ClH/c1-5-11-20-15-8-7-14(12-16(15)19-6-2)13-17-9-10-18(3)4;;/h5,7-8,12,17H,1,6,9-11,13H2,2-4H3;2*1H. The van der Waals surface area contributed by atoms with Crippen LogP contribution in [0.15, 0.2) is 30.9 Å². The molecule has 0 unspecified atom stereocenters. The highest BCUT2D eigenvalue weighted by atomic mass is 35.5. The first-order valence-electron chi connectivity index (χ1n) is 7.02. The van der Waals surface area contributed by atoms with Gasteiger partial charge in [0.1, 0.15) is 6.61 Å². The third kappa shape index (κ3) is 9.15. The van der Waals surface area contributed by atoms with Crippen molar-refractivity contribution in [2.75, 3.05) is 40.4 Å². The smallest absolute Gasteiger partial charge is 0.161 e. The molecule has 0 aliphatic rings. The van der Waals surface area contributed by atoms with Gasteiger partial charge in [0.05, 0.1) is 6.61 Å². The predicted molar refractivity (Wildman–Crippen MR) is 98.1 cm³/mol. The van der Waals surface area contributed by atoms with E-state index in [0.29, 0.717) is 13.2 Å². The molecule has 1 N–H and O–H groups in total. The van der Waals surface area contributed by atoms with Crippen LogP contribution in [0.3, 0.4) is 0 Å². The van der Waals surface area contributed by atoms with Crippen LogP contribution in [-0.4, -0.2) is 45.3 Å². The number of hydrogen-bond donors (Lipinski definition) is 1. The average Bonchev–Trinajstić information content (AvgIpc) is 2.43. The van der Waals surface area contributed by atoms with Gasteiger partial charge >= 0.3 is 0 Å². The molecule has 0 aliphatic carbocycles. The average molecular weight is 351 g/mol. The molecule has 128 valence electrons. The van der Waals surface area contributed by atoms with Crippen molar-refractivity contribution in [1.82, 2.24) is 10.2 Å². The van der Waals surface area contributed by atoms with E-state index >= 15 is 0 Å². The van der Waals surface area contributed by atoms with E-state index in [9.17, 15) is 0 Å². The fraction of sp³-hybridized carbons (Fsp3) is 0.500. The monoisotopic (exact) mass is 350 g/mol. The van der Waals surface area contributed by atoms with Crippen LogP contribution in [0.25, 0.3) is 0 Å². The summed E-state index contributed by atoms with van der Waals surface area (Å²) in [6.07, 6.45) is 1.73. The Kier molecular flexibility index (Phi) is 14.5. The zero-order valence-corrected chi connectivity index (χ0v) is 15.3. The number of ether oxygens (including phenoxy) is 2. The summed E-state index contributed by atoms with van der Waals surface area (Å²) < 4.78 is 11.2. The molecule has 0 saturated heterocycles. The Labute approximate surface area is 146 Å². The Morgan fingerprint density at radius 3 is 2.50 bits per heavy atom. The Morgan fingerprint density at radius 1 is 1.18 bits per heavy atom. The molecule has 0 heterocycles. The zero-order valence-electron chi connectivity index (χ0n) is 13.6. The van der Waals surface area contributed by atoms with Crippen molar-refractivity contribution in [3.05, 3.63) is 36.4 Å². The molecule has 1 rings (SSSR count). The van der Waals surface area contributed by atoms with Gasteiger partial charge < -0.3 is 19.7 Å². The topological polar surface area (TPSA) is 33.7 Å². The Morgan fingerprint density at radius 2 is 1.91 bits per heavy atom. The SMILES string of the molecule is C=CCOc1ccc(CNCCN(C)C)cc1OCC.Cl.Cl. The van der Waals surface area contributed by atoms with E-state index in [1.807, 2.05) is 19.1 Å². The van der Waals surface area contributed by atoms with Crippen LogP contribution >= 0.6 is 24.8 Å². The molecule has 0 aromatic heterocycles. The molecule has 0 aliphatic heterocycles. The summed E-state index contributed by atoms with van der Waals surface area (Å²) in [7, 11) is 4.14. The van der Waals surface area contributed by atoms with Gasteiger partial charge in [0.2, 0.25) is 0 Å². The van der Waals surface area contributed by atoms with Gasteiger partial charge in [-0.3, -0.25) is 0 Å². The molecular formula is C16H28Cl2N2O2. The lowest BCUT2D eigenvalue weighted by Crippen LogP contribution is -2.26.